The summed E-state index contributed by atoms with van der Waals surface area (Å²) in [4.78, 5) is 45.1. The van der Waals surface area contributed by atoms with E-state index < -0.39 is 0 Å². The maximum Gasteiger partial charge on any atom is 0.256 e. The molecule has 1 atom stereocenters. The summed E-state index contributed by atoms with van der Waals surface area (Å²) in [6, 6.07) is 11.4. The van der Waals surface area contributed by atoms with Crippen LogP contribution in [0.3, 0.4) is 0 Å². The van der Waals surface area contributed by atoms with Gasteiger partial charge in [0, 0.05) is 18.5 Å². The molecule has 0 bridgehead atoms. The normalized spacial score (nSPS) is 15.2. The molecule has 5 rings (SSSR count). The fourth-order valence-corrected chi connectivity index (χ4v) is 3.22. The van der Waals surface area contributed by atoms with E-state index in [4.69, 9.17) is 14.5 Å². The second-order valence-corrected chi connectivity index (χ2v) is 9.35. The number of amides is 2. The Hall–Kier alpha value is -4.13. The summed E-state index contributed by atoms with van der Waals surface area (Å²) in [5.41, 5.74) is 3.14. The van der Waals surface area contributed by atoms with E-state index in [9.17, 15) is 9.59 Å². The molecule has 1 saturated heterocycles. The standard InChI is InChI=1S/C9H11N3O.C8H10N4O.C8H13NO3/c1-7(2)13-12-9-6-4-3-5-8(9)10-11-12;1-6(2)13-12-8-7(10-11-12)4-3-5-9-8;1-5(2)12-9-7(10)4-6(3)8(9)11/h3-7H,1-2H3;3-6H,1-2H3;5-6H,4H2,1-3H3. The molecule has 0 N–H and O–H groups in total. The lowest BCUT2D eigenvalue weighted by Gasteiger charge is -2.16. The van der Waals surface area contributed by atoms with Crippen molar-refractivity contribution >= 4 is 34.0 Å². The lowest BCUT2D eigenvalue weighted by molar-refractivity contribution is -0.199. The van der Waals surface area contributed by atoms with E-state index in [1.54, 1.807) is 27.0 Å². The third-order valence-electron chi connectivity index (χ3n) is 4.77. The molecule has 1 fully saturated rings. The zero-order chi connectivity index (χ0) is 27.8. The van der Waals surface area contributed by atoms with Crippen LogP contribution in [0.5, 0.6) is 0 Å². The predicted octanol–water partition coefficient (Wildman–Crippen LogP) is 2.65. The van der Waals surface area contributed by atoms with E-state index in [2.05, 4.69) is 25.6 Å². The average Bonchev–Trinajstić information content (AvgIpc) is 3.52. The fraction of sp³-hybridized carbons (Fsp3) is 0.480. The van der Waals surface area contributed by atoms with Gasteiger partial charge >= 0.3 is 0 Å². The Bertz CT molecular complexity index is 1270. The van der Waals surface area contributed by atoms with E-state index in [0.29, 0.717) is 5.65 Å². The van der Waals surface area contributed by atoms with Gasteiger partial charge in [-0.15, -0.1) is 10.2 Å². The van der Waals surface area contributed by atoms with Gasteiger partial charge in [-0.2, -0.15) is 5.06 Å². The Kier molecular flexibility index (Phi) is 9.66. The SMILES string of the molecule is CC(C)ON1C(=O)CC(C)C1=O.CC(C)On1nnc2ccccc21.CC(C)On1nnc2cccnc21. The van der Waals surface area contributed by atoms with Crippen LogP contribution in [-0.2, 0) is 14.4 Å². The van der Waals surface area contributed by atoms with Crippen LogP contribution in [0.4, 0.5) is 0 Å². The van der Waals surface area contributed by atoms with E-state index in [1.807, 2.05) is 64.1 Å². The molecule has 4 heterocycles. The molecule has 0 saturated carbocycles. The Labute approximate surface area is 220 Å². The summed E-state index contributed by atoms with van der Waals surface area (Å²) in [7, 11) is 0. The third-order valence-corrected chi connectivity index (χ3v) is 4.77. The zero-order valence-corrected chi connectivity index (χ0v) is 22.7. The minimum Gasteiger partial charge on any atom is -0.392 e. The van der Waals surface area contributed by atoms with Gasteiger partial charge in [0.05, 0.1) is 6.10 Å². The Balaban J connectivity index is 0.000000158. The monoisotopic (exact) mass is 526 g/mol. The highest BCUT2D eigenvalue weighted by molar-refractivity contribution is 6.02. The quantitative estimate of drug-likeness (QED) is 0.344. The lowest BCUT2D eigenvalue weighted by atomic mass is 10.1. The molecule has 4 aromatic rings. The number of rotatable bonds is 6. The predicted molar refractivity (Wildman–Crippen MR) is 138 cm³/mol. The Morgan fingerprint density at radius 3 is 2.00 bits per heavy atom. The first-order valence-corrected chi connectivity index (χ1v) is 12.4. The number of carbonyl (C=O) groups is 2. The van der Waals surface area contributed by atoms with Crippen LogP contribution in [0.1, 0.15) is 54.9 Å². The van der Waals surface area contributed by atoms with Crippen molar-refractivity contribution in [2.75, 3.05) is 0 Å². The maximum absolute atomic E-state index is 11.2. The lowest BCUT2D eigenvalue weighted by Crippen LogP contribution is -2.33. The van der Waals surface area contributed by atoms with Crippen LogP contribution in [0.2, 0.25) is 0 Å². The first-order chi connectivity index (χ1) is 18.1. The van der Waals surface area contributed by atoms with Crippen molar-refractivity contribution in [1.29, 1.82) is 0 Å². The third kappa shape index (κ3) is 7.44. The summed E-state index contributed by atoms with van der Waals surface area (Å²) in [6.45, 7) is 13.1. The highest BCUT2D eigenvalue weighted by atomic mass is 16.7. The number of carbonyl (C=O) groups excluding carboxylic acids is 2. The maximum atomic E-state index is 11.2. The minimum atomic E-state index is -0.235. The molecule has 1 aliphatic rings. The number of hydrogen-bond donors (Lipinski definition) is 0. The highest BCUT2D eigenvalue weighted by Gasteiger charge is 2.37. The summed E-state index contributed by atoms with van der Waals surface area (Å²) in [5.74, 6) is -0.689. The Morgan fingerprint density at radius 1 is 0.789 bits per heavy atom. The number of pyridine rings is 1. The highest BCUT2D eigenvalue weighted by Crippen LogP contribution is 2.19. The molecule has 3 aromatic heterocycles. The fourth-order valence-electron chi connectivity index (χ4n) is 3.22. The van der Waals surface area contributed by atoms with Gasteiger partial charge in [-0.3, -0.25) is 14.4 Å². The molecule has 204 valence electrons. The van der Waals surface area contributed by atoms with E-state index in [0.717, 1.165) is 21.6 Å². The van der Waals surface area contributed by atoms with E-state index >= 15 is 0 Å². The number of fused-ring (bicyclic) bond motifs is 2. The van der Waals surface area contributed by atoms with Crippen LogP contribution in [0.25, 0.3) is 22.2 Å². The molecule has 1 unspecified atom stereocenters. The summed E-state index contributed by atoms with van der Waals surface area (Å²) in [6.07, 6.45) is 1.98. The molecule has 38 heavy (non-hydrogen) atoms. The van der Waals surface area contributed by atoms with Crippen LogP contribution in [0, 0.1) is 5.92 Å². The molecule has 1 aliphatic heterocycles. The second kappa shape index (κ2) is 12.9. The van der Waals surface area contributed by atoms with Gasteiger partial charge < -0.3 is 9.68 Å². The van der Waals surface area contributed by atoms with Crippen LogP contribution >= 0.6 is 0 Å². The smallest absolute Gasteiger partial charge is 0.256 e. The van der Waals surface area contributed by atoms with Crippen molar-refractivity contribution in [2.45, 2.75) is 73.2 Å². The summed E-state index contributed by atoms with van der Waals surface area (Å²) >= 11 is 0. The van der Waals surface area contributed by atoms with Gasteiger partial charge in [0.1, 0.15) is 28.8 Å². The summed E-state index contributed by atoms with van der Waals surface area (Å²) in [5, 5.41) is 16.4. The Morgan fingerprint density at radius 2 is 1.37 bits per heavy atom. The van der Waals surface area contributed by atoms with Crippen molar-refractivity contribution < 1.29 is 24.1 Å². The van der Waals surface area contributed by atoms with Crippen LogP contribution in [-0.4, -0.2) is 70.5 Å². The number of hydrogen-bond acceptors (Lipinski definition) is 10. The van der Waals surface area contributed by atoms with Crippen molar-refractivity contribution in [3.8, 4) is 0 Å². The minimum absolute atomic E-state index is 0.0620. The number of imide groups is 1. The molecule has 0 radical (unpaired) electrons. The van der Waals surface area contributed by atoms with Gasteiger partial charge in [-0.05, 0) is 76.2 Å². The van der Waals surface area contributed by atoms with Crippen molar-refractivity contribution in [1.82, 2.24) is 40.4 Å². The van der Waals surface area contributed by atoms with Gasteiger partial charge in [0.2, 0.25) is 5.65 Å². The van der Waals surface area contributed by atoms with Crippen LogP contribution in [0.15, 0.2) is 42.6 Å². The number of nitrogens with zero attached hydrogens (tertiary/aromatic N) is 8. The van der Waals surface area contributed by atoms with Crippen molar-refractivity contribution in [2.24, 2.45) is 5.92 Å². The summed E-state index contributed by atoms with van der Waals surface area (Å²) < 4.78 is 0. The molecule has 2 amide bonds. The molecule has 0 spiro atoms. The van der Waals surface area contributed by atoms with Crippen molar-refractivity contribution in [3.63, 3.8) is 0 Å². The topological polar surface area (TPSA) is 139 Å². The van der Waals surface area contributed by atoms with Gasteiger partial charge in [0.15, 0.2) is 0 Å². The average molecular weight is 527 g/mol. The van der Waals surface area contributed by atoms with Crippen molar-refractivity contribution in [3.05, 3.63) is 42.6 Å². The first-order valence-electron chi connectivity index (χ1n) is 12.4. The second-order valence-electron chi connectivity index (χ2n) is 9.35. The molecule has 1 aromatic carbocycles. The van der Waals surface area contributed by atoms with E-state index in [1.165, 1.54) is 9.69 Å². The largest absolute Gasteiger partial charge is 0.392 e. The van der Waals surface area contributed by atoms with E-state index in [-0.39, 0.29) is 42.5 Å². The molecule has 13 heteroatoms. The number of aromatic nitrogens is 7. The number of para-hydroxylation sites is 1. The van der Waals surface area contributed by atoms with Gasteiger partial charge in [-0.25, -0.2) is 4.98 Å². The molecule has 0 aliphatic carbocycles. The molecular formula is C25H34N8O5. The van der Waals surface area contributed by atoms with Gasteiger partial charge in [-0.1, -0.05) is 28.7 Å². The molecular weight excluding hydrogens is 492 g/mol. The zero-order valence-electron chi connectivity index (χ0n) is 22.7. The number of benzene rings is 1. The molecule has 13 nitrogen and oxygen atoms in total. The van der Waals surface area contributed by atoms with Gasteiger partial charge in [0.25, 0.3) is 11.8 Å². The first kappa shape index (κ1) is 28.4. The van der Waals surface area contributed by atoms with Crippen LogP contribution < -0.4 is 9.68 Å². The number of hydroxylamine groups is 2.